The number of aliphatic hydroxyl groups is 4. The van der Waals surface area contributed by atoms with E-state index < -0.39 is 49.0 Å². The van der Waals surface area contributed by atoms with Crippen LogP contribution in [0.3, 0.4) is 0 Å². The number of ether oxygens (including phenoxy) is 3. The lowest BCUT2D eigenvalue weighted by Crippen LogP contribution is -2.59. The van der Waals surface area contributed by atoms with Gasteiger partial charge in [0, 0.05) is 38.8 Å². The van der Waals surface area contributed by atoms with E-state index in [1.54, 1.807) is 24.5 Å². The molecule has 5 atom stereocenters. The van der Waals surface area contributed by atoms with E-state index in [0.29, 0.717) is 29.2 Å². The second-order valence-corrected chi connectivity index (χ2v) is 12.8. The number of aromatic nitrogens is 2. The lowest BCUT2D eigenvalue weighted by atomic mass is 9.92. The van der Waals surface area contributed by atoms with Gasteiger partial charge in [0.1, 0.15) is 36.0 Å². The zero-order valence-electron chi connectivity index (χ0n) is 26.5. The van der Waals surface area contributed by atoms with Crippen LogP contribution in [0.1, 0.15) is 31.2 Å². The molecule has 4 heterocycles. The number of nitrogens with one attached hydrogen (secondary N) is 1. The number of nitrogens with zero attached hydrogens (tertiary/aromatic N) is 4. The molecule has 5 unspecified atom stereocenters. The number of benzene rings is 1. The van der Waals surface area contributed by atoms with E-state index in [1.807, 2.05) is 0 Å². The van der Waals surface area contributed by atoms with Crippen LogP contribution < -0.4 is 15.0 Å². The highest BCUT2D eigenvalue weighted by Gasteiger charge is 2.44. The second-order valence-electron chi connectivity index (χ2n) is 12.4. The number of hydrogen-bond donors (Lipinski definition) is 5. The number of anilines is 1. The molecular weight excluding hydrogens is 653 g/mol. The Labute approximate surface area is 282 Å². The van der Waals surface area contributed by atoms with Crippen LogP contribution in [0.15, 0.2) is 30.6 Å². The standard InChI is InChI=1S/C32H43ClFN5O9/c33-22-14-36-32(37-15-22)38-8-5-19(6-9-38)2-1-10-46-23-4-3-20(24(34)13-23)12-26(41)39-16-21(17-39)30(45)35-7-11-47-31-29(44)28(43)27(42)25(18-40)48-31/h3-4,13-15,19,21,25,27-29,31,40,42-44H,1-2,5-12,16-18H2,(H,35,45). The number of aliphatic hydroxyl groups excluding tert-OH is 4. The van der Waals surface area contributed by atoms with Crippen molar-refractivity contribution in [2.45, 2.75) is 62.8 Å². The highest BCUT2D eigenvalue weighted by Crippen LogP contribution is 2.26. The van der Waals surface area contributed by atoms with Gasteiger partial charge in [-0.15, -0.1) is 0 Å². The molecule has 2 aromatic rings. The van der Waals surface area contributed by atoms with Gasteiger partial charge in [-0.3, -0.25) is 9.59 Å². The van der Waals surface area contributed by atoms with Crippen LogP contribution in [-0.4, -0.2) is 130 Å². The second kappa shape index (κ2) is 17.0. The van der Waals surface area contributed by atoms with E-state index >= 15 is 0 Å². The summed E-state index contributed by atoms with van der Waals surface area (Å²) in [5.41, 5.74) is 0.252. The van der Waals surface area contributed by atoms with Crippen LogP contribution >= 0.6 is 11.6 Å². The monoisotopic (exact) mass is 695 g/mol. The summed E-state index contributed by atoms with van der Waals surface area (Å²) in [6.07, 6.45) is 0.0676. The van der Waals surface area contributed by atoms with Crippen molar-refractivity contribution in [2.75, 3.05) is 57.4 Å². The van der Waals surface area contributed by atoms with Gasteiger partial charge < -0.3 is 49.8 Å². The number of piperidine rings is 1. The quantitative estimate of drug-likeness (QED) is 0.170. The van der Waals surface area contributed by atoms with Gasteiger partial charge in [-0.2, -0.15) is 0 Å². The summed E-state index contributed by atoms with van der Waals surface area (Å²) in [5.74, 6) is 0.166. The Balaban J connectivity index is 0.937. The van der Waals surface area contributed by atoms with Crippen molar-refractivity contribution < 1.29 is 48.6 Å². The molecule has 0 radical (unpaired) electrons. The molecular formula is C32H43ClFN5O9. The number of hydrogen-bond acceptors (Lipinski definition) is 12. The molecule has 0 aliphatic carbocycles. The minimum atomic E-state index is -1.55. The largest absolute Gasteiger partial charge is 0.493 e. The van der Waals surface area contributed by atoms with Gasteiger partial charge in [0.05, 0.1) is 49.6 Å². The fraction of sp³-hybridized carbons (Fsp3) is 0.625. The molecule has 2 amide bonds. The molecule has 16 heteroatoms. The summed E-state index contributed by atoms with van der Waals surface area (Å²) in [6.45, 7) is 2.07. The summed E-state index contributed by atoms with van der Waals surface area (Å²) < 4.78 is 31.2. The Morgan fingerprint density at radius 1 is 1.06 bits per heavy atom. The molecule has 5 N–H and O–H groups in total. The number of halogens is 2. The van der Waals surface area contributed by atoms with Gasteiger partial charge in [-0.05, 0) is 43.2 Å². The molecule has 3 saturated heterocycles. The van der Waals surface area contributed by atoms with E-state index in [4.69, 9.17) is 25.8 Å². The van der Waals surface area contributed by atoms with Crippen molar-refractivity contribution in [1.29, 1.82) is 0 Å². The lowest BCUT2D eigenvalue weighted by molar-refractivity contribution is -0.300. The summed E-state index contributed by atoms with van der Waals surface area (Å²) in [6, 6.07) is 4.51. The lowest BCUT2D eigenvalue weighted by Gasteiger charge is -2.39. The predicted molar refractivity (Wildman–Crippen MR) is 170 cm³/mol. The van der Waals surface area contributed by atoms with Crippen LogP contribution in [0.25, 0.3) is 0 Å². The maximum Gasteiger partial charge on any atom is 0.227 e. The normalized spacial score (nSPS) is 25.1. The SMILES string of the molecule is O=C(NCCOC1OC(CO)C(O)C(O)C1O)C1CN(C(=O)Cc2ccc(OCCCC3CCN(c4ncc(Cl)cn4)CC3)cc2F)C1. The van der Waals surface area contributed by atoms with Crippen LogP contribution in [0, 0.1) is 17.7 Å². The molecule has 5 rings (SSSR count). The third-order valence-electron chi connectivity index (χ3n) is 9.03. The molecule has 3 aliphatic rings. The third-order valence-corrected chi connectivity index (χ3v) is 9.23. The van der Waals surface area contributed by atoms with Crippen LogP contribution in [-0.2, 0) is 25.5 Å². The predicted octanol–water partition coefficient (Wildman–Crippen LogP) is 0.278. The summed E-state index contributed by atoms with van der Waals surface area (Å²) in [4.78, 5) is 37.4. The average Bonchev–Trinajstić information content (AvgIpc) is 3.06. The summed E-state index contributed by atoms with van der Waals surface area (Å²) >= 11 is 5.88. The highest BCUT2D eigenvalue weighted by molar-refractivity contribution is 6.30. The smallest absolute Gasteiger partial charge is 0.227 e. The van der Waals surface area contributed by atoms with Crippen molar-refractivity contribution in [3.63, 3.8) is 0 Å². The Hall–Kier alpha value is -3.18. The van der Waals surface area contributed by atoms with Crippen LogP contribution in [0.2, 0.25) is 5.02 Å². The van der Waals surface area contributed by atoms with E-state index in [9.17, 15) is 34.4 Å². The minimum absolute atomic E-state index is 0.0653. The summed E-state index contributed by atoms with van der Waals surface area (Å²) in [7, 11) is 0. The molecule has 1 aromatic carbocycles. The van der Waals surface area contributed by atoms with Crippen molar-refractivity contribution in [1.82, 2.24) is 20.2 Å². The Kier molecular flexibility index (Phi) is 12.8. The van der Waals surface area contributed by atoms with Gasteiger partial charge in [0.15, 0.2) is 6.29 Å². The fourth-order valence-corrected chi connectivity index (χ4v) is 6.13. The Morgan fingerprint density at radius 3 is 2.48 bits per heavy atom. The molecule has 264 valence electrons. The average molecular weight is 696 g/mol. The first-order chi connectivity index (χ1) is 23.1. The van der Waals surface area contributed by atoms with Gasteiger partial charge in [0.25, 0.3) is 0 Å². The molecule has 3 aliphatic heterocycles. The zero-order chi connectivity index (χ0) is 34.2. The van der Waals surface area contributed by atoms with Crippen molar-refractivity contribution in [2.24, 2.45) is 11.8 Å². The van der Waals surface area contributed by atoms with E-state index in [0.717, 1.165) is 38.8 Å². The minimum Gasteiger partial charge on any atom is -0.493 e. The van der Waals surface area contributed by atoms with E-state index in [1.165, 1.54) is 11.0 Å². The van der Waals surface area contributed by atoms with Gasteiger partial charge in [-0.1, -0.05) is 17.7 Å². The maximum absolute atomic E-state index is 14.8. The fourth-order valence-electron chi connectivity index (χ4n) is 6.04. The van der Waals surface area contributed by atoms with Crippen molar-refractivity contribution >= 4 is 29.4 Å². The van der Waals surface area contributed by atoms with Gasteiger partial charge in [-0.25, -0.2) is 14.4 Å². The first-order valence-corrected chi connectivity index (χ1v) is 16.6. The number of rotatable bonds is 14. The number of likely N-dealkylation sites (tertiary alicyclic amines) is 1. The molecule has 0 saturated carbocycles. The maximum atomic E-state index is 14.8. The van der Waals surface area contributed by atoms with Gasteiger partial charge >= 0.3 is 0 Å². The number of amides is 2. The first kappa shape index (κ1) is 36.1. The molecule has 3 fully saturated rings. The first-order valence-electron chi connectivity index (χ1n) is 16.2. The Bertz CT molecular complexity index is 1360. The van der Waals surface area contributed by atoms with E-state index in [-0.39, 0.29) is 50.0 Å². The number of carbonyl (C=O) groups excluding carboxylic acids is 2. The Morgan fingerprint density at radius 2 is 1.79 bits per heavy atom. The van der Waals surface area contributed by atoms with Crippen LogP contribution in [0.5, 0.6) is 5.75 Å². The topological polar surface area (TPSA) is 187 Å². The molecule has 14 nitrogen and oxygen atoms in total. The molecule has 48 heavy (non-hydrogen) atoms. The molecule has 0 bridgehead atoms. The zero-order valence-corrected chi connectivity index (χ0v) is 27.3. The van der Waals surface area contributed by atoms with Crippen molar-refractivity contribution in [3.8, 4) is 5.75 Å². The number of carbonyl (C=O) groups is 2. The molecule has 0 spiro atoms. The van der Waals surface area contributed by atoms with E-state index in [2.05, 4.69) is 20.2 Å². The van der Waals surface area contributed by atoms with Crippen molar-refractivity contribution in [3.05, 3.63) is 47.0 Å². The van der Waals surface area contributed by atoms with Crippen LogP contribution in [0.4, 0.5) is 10.3 Å². The summed E-state index contributed by atoms with van der Waals surface area (Å²) in [5, 5.41) is 42.1. The molecule has 1 aromatic heterocycles. The van der Waals surface area contributed by atoms with Gasteiger partial charge in [0.2, 0.25) is 17.8 Å². The highest BCUT2D eigenvalue weighted by atomic mass is 35.5. The third kappa shape index (κ3) is 9.28.